The van der Waals surface area contributed by atoms with E-state index in [1.807, 2.05) is 6.07 Å². The van der Waals surface area contributed by atoms with Crippen molar-refractivity contribution < 1.29 is 27.9 Å². The van der Waals surface area contributed by atoms with Crippen LogP contribution in [0.3, 0.4) is 0 Å². The Kier molecular flexibility index (Phi) is 7.44. The second-order valence-electron chi connectivity index (χ2n) is 6.77. The summed E-state index contributed by atoms with van der Waals surface area (Å²) in [7, 11) is -3.97. The molecule has 32 heavy (non-hydrogen) atoms. The standard InChI is InChI=1S/C20H22N4O4S.CH2O2/c1-2-28-20(25)19-17-9-8-15(23-12-10-21-11-13-23)14-18(17)24(22-19)29(26,27)16-6-4-3-5-7-16;2-1-3/h3-9,14,21H,2,10-13H2,1H3;1H,(H,2,3). The maximum atomic E-state index is 13.3. The number of aromatic nitrogens is 2. The summed E-state index contributed by atoms with van der Waals surface area (Å²) in [6.45, 7) is 4.96. The van der Waals surface area contributed by atoms with Gasteiger partial charge in [0.05, 0.1) is 17.0 Å². The minimum Gasteiger partial charge on any atom is -0.483 e. The van der Waals surface area contributed by atoms with Gasteiger partial charge in [-0.2, -0.15) is 12.5 Å². The quantitative estimate of drug-likeness (QED) is 0.430. The van der Waals surface area contributed by atoms with Gasteiger partial charge in [-0.1, -0.05) is 18.2 Å². The van der Waals surface area contributed by atoms with Crippen molar-refractivity contribution in [3.05, 3.63) is 54.2 Å². The largest absolute Gasteiger partial charge is 0.483 e. The number of piperazine rings is 1. The molecule has 1 aromatic heterocycles. The highest BCUT2D eigenvalue weighted by molar-refractivity contribution is 7.90. The van der Waals surface area contributed by atoms with Crippen LogP contribution >= 0.6 is 0 Å². The van der Waals surface area contributed by atoms with E-state index < -0.39 is 16.0 Å². The Bertz CT molecular complexity index is 1190. The lowest BCUT2D eigenvalue weighted by Gasteiger charge is -2.29. The molecule has 1 fully saturated rings. The van der Waals surface area contributed by atoms with Crippen LogP contribution in [-0.2, 0) is 19.6 Å². The molecule has 170 valence electrons. The highest BCUT2D eigenvalue weighted by Crippen LogP contribution is 2.28. The Morgan fingerprint density at radius 2 is 1.84 bits per heavy atom. The number of esters is 1. The smallest absolute Gasteiger partial charge is 0.359 e. The number of hydrogen-bond acceptors (Lipinski definition) is 8. The number of nitrogens with one attached hydrogen (secondary N) is 1. The molecule has 2 aromatic carbocycles. The third-order valence-corrected chi connectivity index (χ3v) is 6.45. The molecule has 0 unspecified atom stereocenters. The number of hydrogen-bond donors (Lipinski definition) is 2. The number of benzene rings is 2. The Morgan fingerprint density at radius 1 is 1.19 bits per heavy atom. The van der Waals surface area contributed by atoms with Crippen LogP contribution in [0.2, 0.25) is 0 Å². The summed E-state index contributed by atoms with van der Waals surface area (Å²) in [6.07, 6.45) is 0. The van der Waals surface area contributed by atoms with E-state index in [0.29, 0.717) is 10.9 Å². The van der Waals surface area contributed by atoms with Crippen LogP contribution in [0.4, 0.5) is 5.69 Å². The van der Waals surface area contributed by atoms with Crippen molar-refractivity contribution in [1.29, 1.82) is 0 Å². The molecule has 11 heteroatoms. The van der Waals surface area contributed by atoms with Crippen molar-refractivity contribution in [3.63, 3.8) is 0 Å². The van der Waals surface area contributed by atoms with E-state index in [1.54, 1.807) is 37.3 Å². The van der Waals surface area contributed by atoms with Crippen LogP contribution in [0.25, 0.3) is 10.9 Å². The van der Waals surface area contributed by atoms with Crippen LogP contribution in [0, 0.1) is 0 Å². The van der Waals surface area contributed by atoms with Gasteiger partial charge in [-0.25, -0.2) is 4.79 Å². The summed E-state index contributed by atoms with van der Waals surface area (Å²) in [5.74, 6) is -0.644. The van der Waals surface area contributed by atoms with Gasteiger partial charge < -0.3 is 20.1 Å². The zero-order valence-electron chi connectivity index (χ0n) is 17.5. The van der Waals surface area contributed by atoms with Crippen molar-refractivity contribution in [2.24, 2.45) is 0 Å². The third kappa shape index (κ3) is 4.73. The zero-order valence-corrected chi connectivity index (χ0v) is 18.3. The maximum Gasteiger partial charge on any atom is 0.359 e. The molecule has 0 aliphatic carbocycles. The summed E-state index contributed by atoms with van der Waals surface area (Å²) >= 11 is 0. The van der Waals surface area contributed by atoms with E-state index in [1.165, 1.54) is 12.1 Å². The van der Waals surface area contributed by atoms with E-state index in [9.17, 15) is 13.2 Å². The SMILES string of the molecule is CCOC(=O)c1nn(S(=O)(=O)c2ccccc2)c2cc(N3CCNCC3)ccc12.O=CO. The molecule has 10 nitrogen and oxygen atoms in total. The Balaban J connectivity index is 0.000000913. The fraction of sp³-hybridized carbons (Fsp3) is 0.286. The summed E-state index contributed by atoms with van der Waals surface area (Å²) in [4.78, 5) is 23.0. The first-order valence-electron chi connectivity index (χ1n) is 9.98. The molecule has 2 N–H and O–H groups in total. The van der Waals surface area contributed by atoms with Crippen LogP contribution in [-0.4, -0.2) is 67.9 Å². The first-order chi connectivity index (χ1) is 15.4. The first-order valence-corrected chi connectivity index (χ1v) is 11.4. The highest BCUT2D eigenvalue weighted by Gasteiger charge is 2.27. The van der Waals surface area contributed by atoms with Gasteiger partial charge in [0, 0.05) is 37.3 Å². The van der Waals surface area contributed by atoms with Crippen molar-refractivity contribution in [2.75, 3.05) is 37.7 Å². The summed E-state index contributed by atoms with van der Waals surface area (Å²) < 4.78 is 32.5. The van der Waals surface area contributed by atoms with E-state index in [2.05, 4.69) is 15.3 Å². The Morgan fingerprint density at radius 3 is 2.47 bits per heavy atom. The van der Waals surface area contributed by atoms with Gasteiger partial charge in [0.15, 0.2) is 5.69 Å². The molecule has 0 atom stereocenters. The predicted molar refractivity (Wildman–Crippen MR) is 118 cm³/mol. The number of anilines is 1. The summed E-state index contributed by atoms with van der Waals surface area (Å²) in [5, 5.41) is 14.8. The van der Waals surface area contributed by atoms with E-state index in [-0.39, 0.29) is 23.7 Å². The van der Waals surface area contributed by atoms with E-state index in [4.69, 9.17) is 14.6 Å². The predicted octanol–water partition coefficient (Wildman–Crippen LogP) is 1.56. The third-order valence-electron chi connectivity index (χ3n) is 4.85. The normalized spacial score (nSPS) is 13.8. The number of carbonyl (C=O) groups excluding carboxylic acids is 1. The number of rotatable bonds is 5. The summed E-state index contributed by atoms with van der Waals surface area (Å²) in [6, 6.07) is 13.5. The first kappa shape index (κ1) is 23.2. The Labute approximate surface area is 185 Å². The van der Waals surface area contributed by atoms with Crippen LogP contribution in [0.1, 0.15) is 17.4 Å². The lowest BCUT2D eigenvalue weighted by atomic mass is 10.1. The van der Waals surface area contributed by atoms with Gasteiger partial charge in [-0.3, -0.25) is 4.79 Å². The van der Waals surface area contributed by atoms with Crippen molar-refractivity contribution >= 4 is 39.1 Å². The maximum absolute atomic E-state index is 13.3. The summed E-state index contributed by atoms with van der Waals surface area (Å²) in [5.41, 5.74) is 1.24. The topological polar surface area (TPSA) is 131 Å². The second-order valence-corrected chi connectivity index (χ2v) is 8.54. The molecule has 3 aromatic rings. The minimum atomic E-state index is -3.97. The second kappa shape index (κ2) is 10.2. The average molecular weight is 461 g/mol. The van der Waals surface area contributed by atoms with E-state index in [0.717, 1.165) is 36.0 Å². The van der Waals surface area contributed by atoms with Crippen LogP contribution in [0.5, 0.6) is 0 Å². The monoisotopic (exact) mass is 460 g/mol. The van der Waals surface area contributed by atoms with Gasteiger partial charge >= 0.3 is 5.97 Å². The number of fused-ring (bicyclic) bond motifs is 1. The zero-order chi connectivity index (χ0) is 23.1. The lowest BCUT2D eigenvalue weighted by Crippen LogP contribution is -2.43. The number of carboxylic acid groups (broad SMARTS) is 1. The molecule has 1 aliphatic rings. The molecule has 4 rings (SSSR count). The molecule has 0 saturated carbocycles. The van der Waals surface area contributed by atoms with Crippen molar-refractivity contribution in [1.82, 2.24) is 14.5 Å². The number of nitrogens with zero attached hydrogens (tertiary/aromatic N) is 3. The molecular weight excluding hydrogens is 436 g/mol. The van der Waals surface area contributed by atoms with Crippen molar-refractivity contribution in [2.45, 2.75) is 11.8 Å². The fourth-order valence-corrected chi connectivity index (χ4v) is 4.72. The highest BCUT2D eigenvalue weighted by atomic mass is 32.2. The van der Waals surface area contributed by atoms with Gasteiger partial charge in [-0.15, -0.1) is 5.10 Å². The average Bonchev–Trinajstić information content (AvgIpc) is 3.21. The van der Waals surface area contributed by atoms with E-state index >= 15 is 0 Å². The van der Waals surface area contributed by atoms with Crippen molar-refractivity contribution in [3.8, 4) is 0 Å². The number of carbonyl (C=O) groups is 2. The molecule has 1 aliphatic heterocycles. The molecule has 0 radical (unpaired) electrons. The molecule has 0 spiro atoms. The van der Waals surface area contributed by atoms with Crippen LogP contribution in [0.15, 0.2) is 53.4 Å². The fourth-order valence-electron chi connectivity index (χ4n) is 3.42. The Hall–Kier alpha value is -3.44. The molecule has 2 heterocycles. The van der Waals surface area contributed by atoms with Gasteiger partial charge in [0.1, 0.15) is 0 Å². The van der Waals surface area contributed by atoms with Gasteiger partial charge in [0.2, 0.25) is 0 Å². The molecule has 1 saturated heterocycles. The van der Waals surface area contributed by atoms with Crippen LogP contribution < -0.4 is 10.2 Å². The molecular formula is C21H24N4O6S. The van der Waals surface area contributed by atoms with Gasteiger partial charge in [0.25, 0.3) is 16.5 Å². The minimum absolute atomic E-state index is 0.00628. The lowest BCUT2D eigenvalue weighted by molar-refractivity contribution is -0.122. The number of ether oxygens (including phenoxy) is 1. The van der Waals surface area contributed by atoms with Gasteiger partial charge in [-0.05, 0) is 37.3 Å². The molecule has 0 amide bonds. The molecule has 0 bridgehead atoms.